The number of hydrogen-bond acceptors (Lipinski definition) is 5. The van der Waals surface area contributed by atoms with Crippen LogP contribution in [0.1, 0.15) is 18.4 Å². The molecule has 19 heavy (non-hydrogen) atoms. The number of rotatable bonds is 4. The zero-order valence-corrected chi connectivity index (χ0v) is 11.8. The van der Waals surface area contributed by atoms with E-state index in [4.69, 9.17) is 0 Å². The minimum atomic E-state index is 0.119. The number of likely N-dealkylation sites (tertiary alicyclic amines) is 1. The Hall–Kier alpha value is -1.85. The van der Waals surface area contributed by atoms with Crippen LogP contribution < -0.4 is 10.2 Å². The number of hydrogen-bond donors (Lipinski definition) is 1. The van der Waals surface area contributed by atoms with Crippen LogP contribution in [-0.4, -0.2) is 54.5 Å². The average molecular weight is 263 g/mol. The summed E-state index contributed by atoms with van der Waals surface area (Å²) in [4.78, 5) is 24.3. The van der Waals surface area contributed by atoms with Crippen molar-refractivity contribution in [2.24, 2.45) is 0 Å². The predicted octanol–water partition coefficient (Wildman–Crippen LogP) is 0.885. The summed E-state index contributed by atoms with van der Waals surface area (Å²) in [5.41, 5.74) is 1.02. The number of carbonyl (C=O) groups is 1. The first-order valence-corrected chi connectivity index (χ1v) is 6.60. The van der Waals surface area contributed by atoms with E-state index in [1.807, 2.05) is 30.8 Å². The van der Waals surface area contributed by atoms with E-state index in [2.05, 4.69) is 15.3 Å². The molecule has 1 fully saturated rings. The summed E-state index contributed by atoms with van der Waals surface area (Å²) in [5.74, 6) is 1.49. The van der Waals surface area contributed by atoms with E-state index >= 15 is 0 Å². The average Bonchev–Trinajstić information content (AvgIpc) is 2.91. The molecule has 0 spiro atoms. The van der Waals surface area contributed by atoms with Crippen molar-refractivity contribution in [3.63, 3.8) is 0 Å². The van der Waals surface area contributed by atoms with Crippen molar-refractivity contribution < 1.29 is 4.79 Å². The standard InChI is InChI=1S/C13H21N5O/c1-10-8-14-13(16-12(10)17(2)3)15-9-11(19)18-6-4-5-7-18/h8H,4-7,9H2,1-3H3,(H,14,15,16). The molecular formula is C13H21N5O. The highest BCUT2D eigenvalue weighted by Gasteiger charge is 2.17. The second kappa shape index (κ2) is 5.86. The highest BCUT2D eigenvalue weighted by Crippen LogP contribution is 2.15. The Morgan fingerprint density at radius 3 is 2.74 bits per heavy atom. The quantitative estimate of drug-likeness (QED) is 0.874. The molecule has 1 N–H and O–H groups in total. The summed E-state index contributed by atoms with van der Waals surface area (Å²) in [7, 11) is 3.88. The van der Waals surface area contributed by atoms with Gasteiger partial charge in [0.05, 0.1) is 6.54 Å². The van der Waals surface area contributed by atoms with Gasteiger partial charge < -0.3 is 15.1 Å². The molecule has 1 aliphatic heterocycles. The molecule has 1 aliphatic rings. The number of anilines is 2. The first-order chi connectivity index (χ1) is 9.08. The van der Waals surface area contributed by atoms with Crippen LogP contribution in [0.25, 0.3) is 0 Å². The topological polar surface area (TPSA) is 61.4 Å². The molecule has 0 bridgehead atoms. The first kappa shape index (κ1) is 13.6. The molecule has 0 aliphatic carbocycles. The van der Waals surface area contributed by atoms with Crippen molar-refractivity contribution in [2.45, 2.75) is 19.8 Å². The van der Waals surface area contributed by atoms with Gasteiger partial charge in [0.2, 0.25) is 11.9 Å². The summed E-state index contributed by atoms with van der Waals surface area (Å²) in [5, 5.41) is 3.00. The van der Waals surface area contributed by atoms with Crippen LogP contribution in [0.15, 0.2) is 6.20 Å². The summed E-state index contributed by atoms with van der Waals surface area (Å²) in [6, 6.07) is 0. The monoisotopic (exact) mass is 263 g/mol. The highest BCUT2D eigenvalue weighted by molar-refractivity contribution is 5.80. The Bertz CT molecular complexity index is 454. The molecule has 1 aromatic heterocycles. The Balaban J connectivity index is 1.95. The van der Waals surface area contributed by atoms with Gasteiger partial charge in [0.15, 0.2) is 0 Å². The van der Waals surface area contributed by atoms with Gasteiger partial charge in [-0.3, -0.25) is 4.79 Å². The van der Waals surface area contributed by atoms with E-state index in [1.165, 1.54) is 0 Å². The van der Waals surface area contributed by atoms with Crippen LogP contribution in [0, 0.1) is 6.92 Å². The molecule has 0 unspecified atom stereocenters. The molecule has 0 aromatic carbocycles. The molecule has 6 nitrogen and oxygen atoms in total. The predicted molar refractivity (Wildman–Crippen MR) is 75.4 cm³/mol. The molecule has 6 heteroatoms. The Morgan fingerprint density at radius 1 is 1.42 bits per heavy atom. The van der Waals surface area contributed by atoms with Crippen LogP contribution in [0.2, 0.25) is 0 Å². The lowest BCUT2D eigenvalue weighted by molar-refractivity contribution is -0.128. The van der Waals surface area contributed by atoms with E-state index in [1.54, 1.807) is 6.20 Å². The first-order valence-electron chi connectivity index (χ1n) is 6.60. The minimum Gasteiger partial charge on any atom is -0.362 e. The third-order valence-electron chi connectivity index (χ3n) is 3.23. The molecule has 0 saturated carbocycles. The van der Waals surface area contributed by atoms with Gasteiger partial charge >= 0.3 is 0 Å². The zero-order chi connectivity index (χ0) is 13.8. The van der Waals surface area contributed by atoms with Crippen LogP contribution in [0.3, 0.4) is 0 Å². The molecule has 1 saturated heterocycles. The summed E-state index contributed by atoms with van der Waals surface area (Å²) < 4.78 is 0. The summed E-state index contributed by atoms with van der Waals surface area (Å²) in [6.45, 7) is 3.97. The van der Waals surface area contributed by atoms with Gasteiger partial charge in [-0.2, -0.15) is 4.98 Å². The fourth-order valence-electron chi connectivity index (χ4n) is 2.20. The largest absolute Gasteiger partial charge is 0.362 e. The van der Waals surface area contributed by atoms with Crippen LogP contribution >= 0.6 is 0 Å². The molecule has 1 aromatic rings. The van der Waals surface area contributed by atoms with E-state index < -0.39 is 0 Å². The third kappa shape index (κ3) is 3.33. The van der Waals surface area contributed by atoms with Gasteiger partial charge in [-0.25, -0.2) is 4.98 Å². The van der Waals surface area contributed by atoms with E-state index in [9.17, 15) is 4.79 Å². The van der Waals surface area contributed by atoms with E-state index in [-0.39, 0.29) is 12.5 Å². The molecule has 104 valence electrons. The van der Waals surface area contributed by atoms with Gasteiger partial charge in [0.1, 0.15) is 5.82 Å². The maximum atomic E-state index is 11.9. The second-order valence-electron chi connectivity index (χ2n) is 5.04. The number of carbonyl (C=O) groups excluding carboxylic acids is 1. The lowest BCUT2D eigenvalue weighted by Crippen LogP contribution is -2.33. The van der Waals surface area contributed by atoms with Crippen molar-refractivity contribution in [3.8, 4) is 0 Å². The fraction of sp³-hybridized carbons (Fsp3) is 0.615. The van der Waals surface area contributed by atoms with Crippen molar-refractivity contribution in [1.82, 2.24) is 14.9 Å². The van der Waals surface area contributed by atoms with E-state index in [0.29, 0.717) is 5.95 Å². The molecule has 1 amide bonds. The van der Waals surface area contributed by atoms with Gasteiger partial charge in [-0.05, 0) is 19.8 Å². The Morgan fingerprint density at radius 2 is 2.11 bits per heavy atom. The molecule has 0 atom stereocenters. The minimum absolute atomic E-state index is 0.119. The maximum Gasteiger partial charge on any atom is 0.241 e. The number of nitrogens with one attached hydrogen (secondary N) is 1. The smallest absolute Gasteiger partial charge is 0.241 e. The van der Waals surface area contributed by atoms with Crippen molar-refractivity contribution in [2.75, 3.05) is 43.9 Å². The van der Waals surface area contributed by atoms with Crippen LogP contribution in [0.4, 0.5) is 11.8 Å². The van der Waals surface area contributed by atoms with Crippen molar-refractivity contribution in [3.05, 3.63) is 11.8 Å². The molecule has 2 rings (SSSR count). The summed E-state index contributed by atoms with van der Waals surface area (Å²) in [6.07, 6.45) is 3.99. The SMILES string of the molecule is Cc1cnc(NCC(=O)N2CCCC2)nc1N(C)C. The fourth-order valence-corrected chi connectivity index (χ4v) is 2.20. The van der Waals surface area contributed by atoms with Gasteiger partial charge in [0, 0.05) is 38.9 Å². The van der Waals surface area contributed by atoms with Crippen molar-refractivity contribution >= 4 is 17.7 Å². The van der Waals surface area contributed by atoms with Crippen LogP contribution in [-0.2, 0) is 4.79 Å². The van der Waals surface area contributed by atoms with Gasteiger partial charge in [-0.15, -0.1) is 0 Å². The summed E-state index contributed by atoms with van der Waals surface area (Å²) >= 11 is 0. The number of aryl methyl sites for hydroxylation is 1. The molecular weight excluding hydrogens is 242 g/mol. The number of amides is 1. The highest BCUT2D eigenvalue weighted by atomic mass is 16.2. The van der Waals surface area contributed by atoms with Crippen molar-refractivity contribution in [1.29, 1.82) is 0 Å². The lowest BCUT2D eigenvalue weighted by Gasteiger charge is -2.17. The molecule has 0 radical (unpaired) electrons. The third-order valence-corrected chi connectivity index (χ3v) is 3.23. The van der Waals surface area contributed by atoms with Crippen LogP contribution in [0.5, 0.6) is 0 Å². The zero-order valence-electron chi connectivity index (χ0n) is 11.8. The lowest BCUT2D eigenvalue weighted by atomic mass is 10.3. The Kier molecular flexibility index (Phi) is 4.19. The molecule has 2 heterocycles. The number of aromatic nitrogens is 2. The maximum absolute atomic E-state index is 11.9. The number of nitrogens with zero attached hydrogens (tertiary/aromatic N) is 4. The normalized spacial score (nSPS) is 14.6. The van der Waals surface area contributed by atoms with Gasteiger partial charge in [-0.1, -0.05) is 0 Å². The second-order valence-corrected chi connectivity index (χ2v) is 5.04. The van der Waals surface area contributed by atoms with Gasteiger partial charge in [0.25, 0.3) is 0 Å². The Labute approximate surface area is 113 Å². The van der Waals surface area contributed by atoms with E-state index in [0.717, 1.165) is 37.3 Å².